The SMILES string of the molecule is CN(Cc1cn2c(N3CCN(C(=O)OC(C)(C)C)CC3)nccc2n1)[C@H]1CCOc2cccnc21. The average molecular weight is 480 g/mol. The van der Waals surface area contributed by atoms with Gasteiger partial charge in [0.15, 0.2) is 0 Å². The summed E-state index contributed by atoms with van der Waals surface area (Å²) < 4.78 is 13.3. The van der Waals surface area contributed by atoms with E-state index in [1.807, 2.05) is 49.6 Å². The van der Waals surface area contributed by atoms with Gasteiger partial charge in [-0.05, 0) is 46.0 Å². The standard InChI is InChI=1S/C25H33N7O3/c1-25(2,3)35-24(33)31-13-11-30(12-14-31)23-27-10-7-21-28-18(17-32(21)23)16-29(4)19-8-15-34-20-6-5-9-26-22(19)20/h5-7,9-10,17,19H,8,11-16H2,1-4H3/t19-/m0/s1. The second-order valence-electron chi connectivity index (χ2n) is 10.1. The van der Waals surface area contributed by atoms with Crippen molar-refractivity contribution < 1.29 is 14.3 Å². The zero-order valence-electron chi connectivity index (χ0n) is 20.8. The number of aromatic nitrogens is 4. The molecule has 10 nitrogen and oxygen atoms in total. The maximum absolute atomic E-state index is 12.4. The maximum atomic E-state index is 12.4. The van der Waals surface area contributed by atoms with Gasteiger partial charge in [0.2, 0.25) is 5.95 Å². The van der Waals surface area contributed by atoms with E-state index in [1.165, 1.54) is 0 Å². The second kappa shape index (κ2) is 9.33. The molecular formula is C25H33N7O3. The Kier molecular flexibility index (Phi) is 6.22. The Morgan fingerprint density at radius 1 is 1.17 bits per heavy atom. The highest BCUT2D eigenvalue weighted by Gasteiger charge is 2.29. The first kappa shape index (κ1) is 23.3. The number of ether oxygens (including phenoxy) is 2. The van der Waals surface area contributed by atoms with Gasteiger partial charge >= 0.3 is 6.09 Å². The summed E-state index contributed by atoms with van der Waals surface area (Å²) in [5.74, 6) is 1.70. The van der Waals surface area contributed by atoms with Crippen molar-refractivity contribution in [1.29, 1.82) is 0 Å². The lowest BCUT2D eigenvalue weighted by molar-refractivity contribution is 0.0240. The monoisotopic (exact) mass is 479 g/mol. The number of anilines is 1. The number of piperazine rings is 1. The lowest BCUT2D eigenvalue weighted by Crippen LogP contribution is -2.50. The van der Waals surface area contributed by atoms with Crippen molar-refractivity contribution in [2.75, 3.05) is 44.7 Å². The Morgan fingerprint density at radius 2 is 1.97 bits per heavy atom. The normalized spacial score (nSPS) is 18.5. The molecule has 0 bridgehead atoms. The fourth-order valence-electron chi connectivity index (χ4n) is 4.67. The summed E-state index contributed by atoms with van der Waals surface area (Å²) in [6.45, 7) is 9.58. The fraction of sp³-hybridized carbons (Fsp3) is 0.520. The van der Waals surface area contributed by atoms with Gasteiger partial charge in [-0.1, -0.05) is 0 Å². The third kappa shape index (κ3) is 5.02. The first-order valence-electron chi connectivity index (χ1n) is 12.1. The number of imidazole rings is 1. The molecule has 0 unspecified atom stereocenters. The first-order valence-corrected chi connectivity index (χ1v) is 12.1. The average Bonchev–Trinajstić information content (AvgIpc) is 3.25. The number of hydrogen-bond donors (Lipinski definition) is 0. The molecule has 0 saturated carbocycles. The van der Waals surface area contributed by atoms with Crippen LogP contribution in [0.5, 0.6) is 5.75 Å². The van der Waals surface area contributed by atoms with E-state index < -0.39 is 5.60 Å². The summed E-state index contributed by atoms with van der Waals surface area (Å²) in [7, 11) is 2.10. The number of pyridine rings is 1. The zero-order chi connectivity index (χ0) is 24.6. The van der Waals surface area contributed by atoms with Gasteiger partial charge in [-0.25, -0.2) is 14.8 Å². The molecule has 1 saturated heterocycles. The number of amides is 1. The minimum atomic E-state index is -0.496. The van der Waals surface area contributed by atoms with Crippen LogP contribution >= 0.6 is 0 Å². The van der Waals surface area contributed by atoms with E-state index in [0.717, 1.165) is 35.2 Å². The molecule has 186 valence electrons. The third-order valence-electron chi connectivity index (χ3n) is 6.33. The van der Waals surface area contributed by atoms with Crippen LogP contribution in [0.1, 0.15) is 44.6 Å². The van der Waals surface area contributed by atoms with Gasteiger partial charge in [-0.15, -0.1) is 0 Å². The molecule has 1 atom stereocenters. The van der Waals surface area contributed by atoms with Crippen molar-refractivity contribution in [2.45, 2.75) is 45.4 Å². The highest BCUT2D eigenvalue weighted by atomic mass is 16.6. The van der Waals surface area contributed by atoms with Gasteiger partial charge in [0.1, 0.15) is 17.0 Å². The smallest absolute Gasteiger partial charge is 0.410 e. The molecule has 3 aromatic rings. The van der Waals surface area contributed by atoms with Gasteiger partial charge in [0.05, 0.1) is 24.0 Å². The van der Waals surface area contributed by atoms with Crippen LogP contribution in [0.4, 0.5) is 10.7 Å². The Balaban J connectivity index is 1.29. The number of hydrogen-bond acceptors (Lipinski definition) is 8. The van der Waals surface area contributed by atoms with Crippen molar-refractivity contribution >= 4 is 17.7 Å². The fourth-order valence-corrected chi connectivity index (χ4v) is 4.67. The number of fused-ring (bicyclic) bond motifs is 2. The molecule has 5 heterocycles. The van der Waals surface area contributed by atoms with E-state index in [-0.39, 0.29) is 12.1 Å². The Morgan fingerprint density at radius 3 is 2.74 bits per heavy atom. The molecule has 0 spiro atoms. The molecule has 0 aliphatic carbocycles. The summed E-state index contributed by atoms with van der Waals surface area (Å²) in [6, 6.07) is 6.00. The van der Waals surface area contributed by atoms with Crippen LogP contribution in [0.3, 0.4) is 0 Å². The summed E-state index contributed by atoms with van der Waals surface area (Å²) >= 11 is 0. The van der Waals surface area contributed by atoms with Crippen molar-refractivity contribution in [3.63, 3.8) is 0 Å². The van der Waals surface area contributed by atoms with Gasteiger partial charge in [-0.3, -0.25) is 14.3 Å². The molecule has 2 aliphatic heterocycles. The number of rotatable bonds is 4. The topological polar surface area (TPSA) is 88.3 Å². The summed E-state index contributed by atoms with van der Waals surface area (Å²) in [6.07, 6.45) is 6.31. The van der Waals surface area contributed by atoms with Gasteiger partial charge in [0, 0.05) is 57.7 Å². The molecule has 3 aromatic heterocycles. The number of nitrogens with zero attached hydrogens (tertiary/aromatic N) is 7. The molecule has 0 radical (unpaired) electrons. The molecule has 2 aliphatic rings. The van der Waals surface area contributed by atoms with Gasteiger partial charge < -0.3 is 19.3 Å². The van der Waals surface area contributed by atoms with E-state index in [0.29, 0.717) is 39.3 Å². The Bertz CT molecular complexity index is 1200. The van der Waals surface area contributed by atoms with Crippen LogP contribution in [0, 0.1) is 0 Å². The van der Waals surface area contributed by atoms with Crippen molar-refractivity contribution in [3.05, 3.63) is 48.2 Å². The minimum absolute atomic E-state index is 0.184. The Hall–Kier alpha value is -3.40. The predicted molar refractivity (Wildman–Crippen MR) is 132 cm³/mol. The van der Waals surface area contributed by atoms with E-state index >= 15 is 0 Å². The highest BCUT2D eigenvalue weighted by Crippen LogP contribution is 2.34. The number of carbonyl (C=O) groups excluding carboxylic acids is 1. The van der Waals surface area contributed by atoms with Crippen LogP contribution in [-0.2, 0) is 11.3 Å². The molecule has 0 N–H and O–H groups in total. The van der Waals surface area contributed by atoms with Crippen LogP contribution in [0.25, 0.3) is 5.65 Å². The molecule has 10 heteroatoms. The van der Waals surface area contributed by atoms with Gasteiger partial charge in [-0.2, -0.15) is 0 Å². The maximum Gasteiger partial charge on any atom is 0.410 e. The molecule has 35 heavy (non-hydrogen) atoms. The lowest BCUT2D eigenvalue weighted by Gasteiger charge is -2.36. The van der Waals surface area contributed by atoms with Crippen molar-refractivity contribution in [1.82, 2.24) is 29.2 Å². The first-order chi connectivity index (χ1) is 16.8. The molecule has 1 fully saturated rings. The zero-order valence-corrected chi connectivity index (χ0v) is 20.8. The second-order valence-corrected chi connectivity index (χ2v) is 10.1. The van der Waals surface area contributed by atoms with Crippen LogP contribution in [0.2, 0.25) is 0 Å². The van der Waals surface area contributed by atoms with Crippen molar-refractivity contribution in [2.24, 2.45) is 0 Å². The molecular weight excluding hydrogens is 446 g/mol. The van der Waals surface area contributed by atoms with Crippen LogP contribution in [-0.4, -0.2) is 80.7 Å². The quantitative estimate of drug-likeness (QED) is 0.564. The molecule has 0 aromatic carbocycles. The highest BCUT2D eigenvalue weighted by molar-refractivity contribution is 5.68. The third-order valence-corrected chi connectivity index (χ3v) is 6.33. The summed E-state index contributed by atoms with van der Waals surface area (Å²) in [4.78, 5) is 32.7. The van der Waals surface area contributed by atoms with E-state index in [1.54, 1.807) is 11.1 Å². The van der Waals surface area contributed by atoms with E-state index in [9.17, 15) is 4.79 Å². The largest absolute Gasteiger partial charge is 0.492 e. The summed E-state index contributed by atoms with van der Waals surface area (Å²) in [5, 5.41) is 0. The van der Waals surface area contributed by atoms with Crippen LogP contribution in [0.15, 0.2) is 36.8 Å². The summed E-state index contributed by atoms with van der Waals surface area (Å²) in [5.41, 5.74) is 2.32. The van der Waals surface area contributed by atoms with Crippen LogP contribution < -0.4 is 9.64 Å². The number of carbonyl (C=O) groups is 1. The van der Waals surface area contributed by atoms with Crippen molar-refractivity contribution in [3.8, 4) is 5.75 Å². The predicted octanol–water partition coefficient (Wildman–Crippen LogP) is 3.14. The lowest BCUT2D eigenvalue weighted by atomic mass is 10.1. The molecule has 5 rings (SSSR count). The Labute approximate surface area is 205 Å². The van der Waals surface area contributed by atoms with Gasteiger partial charge in [0.25, 0.3) is 0 Å². The van der Waals surface area contributed by atoms with E-state index in [2.05, 4.69) is 33.0 Å². The molecule has 1 amide bonds. The minimum Gasteiger partial charge on any atom is -0.492 e. The van der Waals surface area contributed by atoms with E-state index in [4.69, 9.17) is 14.5 Å².